The first-order chi connectivity index (χ1) is 25.2. The first kappa shape index (κ1) is 42.1. The number of hydrogen-bond acceptors (Lipinski definition) is 16. The molecule has 20 nitrogen and oxygen atoms in total. The van der Waals surface area contributed by atoms with Crippen molar-refractivity contribution in [1.82, 2.24) is 26.6 Å². The molecular weight excluding hydrogens is 775 g/mol. The minimum Gasteiger partial charge on any atom is -0.481 e. The number of azo groups is 1. The molecule has 17 atom stereocenters. The lowest BCUT2D eigenvalue weighted by atomic mass is 9.65. The maximum absolute atomic E-state index is 12.7. The fraction of sp³-hybridized carbons (Fsp3) is 0.968. The molecule has 0 radical (unpaired) electrons. The van der Waals surface area contributed by atoms with Crippen LogP contribution in [0, 0.1) is 35.5 Å². The zero-order valence-electron chi connectivity index (χ0n) is 30.0. The number of aliphatic hydroxyl groups excluding tert-OH is 2. The second-order valence-corrected chi connectivity index (χ2v) is 21.5. The van der Waals surface area contributed by atoms with Crippen LogP contribution in [-0.2, 0) is 35.1 Å². The summed E-state index contributed by atoms with van der Waals surface area (Å²) >= 11 is 0. The molecule has 5 aliphatic carbocycles. The van der Waals surface area contributed by atoms with Crippen LogP contribution in [0.25, 0.3) is 0 Å². The quantitative estimate of drug-likeness (QED) is 0.0967. The van der Waals surface area contributed by atoms with Crippen molar-refractivity contribution < 1.29 is 59.0 Å². The number of aliphatic hydroxyl groups is 2. The highest BCUT2D eigenvalue weighted by atomic mass is 32.2. The van der Waals surface area contributed by atoms with Gasteiger partial charge in [-0.1, -0.05) is 19.8 Å². The number of nitrogens with zero attached hydrogens (tertiary/aromatic N) is 2. The Hall–Kier alpha value is -1.48. The second kappa shape index (κ2) is 16.4. The summed E-state index contributed by atoms with van der Waals surface area (Å²) in [7, 11) is -13.7. The highest BCUT2D eigenvalue weighted by Crippen LogP contribution is 2.46. The molecule has 0 spiro atoms. The monoisotopic (exact) mass is 829 g/mol. The van der Waals surface area contributed by atoms with Gasteiger partial charge in [0.25, 0.3) is 30.4 Å². The predicted molar refractivity (Wildman–Crippen MR) is 191 cm³/mol. The number of rotatable bonds is 10. The van der Waals surface area contributed by atoms with Gasteiger partial charge in [0.1, 0.15) is 23.9 Å². The van der Waals surface area contributed by atoms with Crippen molar-refractivity contribution in [2.45, 2.75) is 149 Å². The third-order valence-electron chi connectivity index (χ3n) is 13.1. The van der Waals surface area contributed by atoms with Crippen LogP contribution in [0.2, 0.25) is 0 Å². The molecule has 0 aromatic heterocycles. The summed E-state index contributed by atoms with van der Waals surface area (Å²) in [6, 6.07) is -3.27. The summed E-state index contributed by atoms with van der Waals surface area (Å²) in [6.45, 7) is 1.92. The number of carboxylic acids is 1. The molecule has 1 aliphatic heterocycles. The van der Waals surface area contributed by atoms with Gasteiger partial charge in [-0.15, -0.1) is 0 Å². The van der Waals surface area contributed by atoms with Crippen molar-refractivity contribution >= 4 is 36.3 Å². The van der Waals surface area contributed by atoms with Crippen LogP contribution in [-0.4, -0.2) is 125 Å². The summed E-state index contributed by atoms with van der Waals surface area (Å²) in [6.07, 6.45) is -0.131. The van der Waals surface area contributed by atoms with Gasteiger partial charge in [0.2, 0.25) is 0 Å². The zero-order chi connectivity index (χ0) is 39.3. The number of fused-ring (bicyclic) bond motifs is 2. The van der Waals surface area contributed by atoms with Crippen molar-refractivity contribution in [2.75, 3.05) is 0 Å². The molecule has 0 amide bonds. The Bertz CT molecular complexity index is 1720. The molecule has 0 bridgehead atoms. The number of carbonyl (C=O) groups is 1. The minimum atomic E-state index is -4.87. The summed E-state index contributed by atoms with van der Waals surface area (Å²) < 4.78 is 104. The van der Waals surface area contributed by atoms with Gasteiger partial charge in [-0.3, -0.25) is 45.0 Å². The van der Waals surface area contributed by atoms with Crippen molar-refractivity contribution in [3.63, 3.8) is 0 Å². The van der Waals surface area contributed by atoms with E-state index in [1.807, 2.05) is 6.92 Å². The molecule has 310 valence electrons. The van der Waals surface area contributed by atoms with E-state index in [0.29, 0.717) is 38.5 Å². The summed E-state index contributed by atoms with van der Waals surface area (Å²) in [5, 5.41) is 52.8. The Kier molecular flexibility index (Phi) is 12.8. The Balaban J connectivity index is 1.20. The average molecular weight is 830 g/mol. The fourth-order valence-corrected chi connectivity index (χ4v) is 13.4. The van der Waals surface area contributed by atoms with E-state index in [2.05, 4.69) is 36.8 Å². The van der Waals surface area contributed by atoms with E-state index in [0.717, 1.165) is 19.3 Å². The zero-order valence-corrected chi connectivity index (χ0v) is 32.4. The first-order valence-electron chi connectivity index (χ1n) is 18.9. The fourth-order valence-electron chi connectivity index (χ4n) is 10.5. The van der Waals surface area contributed by atoms with Gasteiger partial charge >= 0.3 is 5.97 Å². The average Bonchev–Trinajstić information content (AvgIpc) is 3.06. The lowest BCUT2D eigenvalue weighted by Crippen LogP contribution is -2.77. The number of carboxylic acid groups (broad SMARTS) is 1. The first-order valence-corrected chi connectivity index (χ1v) is 23.4. The predicted octanol–water partition coefficient (Wildman–Crippen LogP) is -0.601. The van der Waals surface area contributed by atoms with Gasteiger partial charge in [-0.05, 0) is 87.9 Å². The normalized spacial score (nSPS) is 45.3. The Morgan fingerprint density at radius 1 is 0.685 bits per heavy atom. The van der Waals surface area contributed by atoms with Crippen LogP contribution >= 0.6 is 0 Å². The second-order valence-electron chi connectivity index (χ2n) is 16.5. The van der Waals surface area contributed by atoms with E-state index < -0.39 is 113 Å². The van der Waals surface area contributed by atoms with Gasteiger partial charge in [-0.25, -0.2) is 0 Å². The van der Waals surface area contributed by atoms with Crippen LogP contribution in [0.1, 0.15) is 84.0 Å². The SMILES string of the molecule is CC1CCC(N=NC2C(O)C3C(CC(S(=O)(=O)O)CC3NC3NC(O)NC(NC4CCCC5CC(S(=O)(=O)O)CCC54)N3)CC2S(=O)(=O)O)C(C(=O)O)C1. The van der Waals surface area contributed by atoms with E-state index in [4.69, 9.17) is 0 Å². The Labute approximate surface area is 315 Å². The van der Waals surface area contributed by atoms with Crippen LogP contribution in [0.4, 0.5) is 0 Å². The third kappa shape index (κ3) is 9.61. The summed E-state index contributed by atoms with van der Waals surface area (Å²) in [5.74, 6) is -3.32. The van der Waals surface area contributed by atoms with Crippen LogP contribution < -0.4 is 26.6 Å². The summed E-state index contributed by atoms with van der Waals surface area (Å²) in [4.78, 5) is 12.0. The lowest BCUT2D eigenvalue weighted by molar-refractivity contribution is -0.144. The topological polar surface area (TPSA) is 326 Å². The van der Waals surface area contributed by atoms with Gasteiger partial charge in [0, 0.05) is 18.0 Å². The molecule has 0 aromatic carbocycles. The highest BCUT2D eigenvalue weighted by Gasteiger charge is 2.56. The van der Waals surface area contributed by atoms with E-state index >= 15 is 0 Å². The van der Waals surface area contributed by atoms with E-state index in [9.17, 15) is 59.0 Å². The van der Waals surface area contributed by atoms with Crippen molar-refractivity contribution in [3.05, 3.63) is 0 Å². The van der Waals surface area contributed by atoms with E-state index in [-0.39, 0.29) is 43.1 Å². The molecule has 5 saturated carbocycles. The number of aliphatic carboxylic acids is 1. The minimum absolute atomic E-state index is 0.0678. The molecule has 6 aliphatic rings. The van der Waals surface area contributed by atoms with Crippen LogP contribution in [0.5, 0.6) is 0 Å². The van der Waals surface area contributed by atoms with Gasteiger partial charge in [-0.2, -0.15) is 35.5 Å². The molecule has 0 aromatic rings. The van der Waals surface area contributed by atoms with E-state index in [1.165, 1.54) is 0 Å². The molecular formula is C31H55N7O13S3. The molecule has 6 rings (SSSR count). The molecule has 1 saturated heterocycles. The van der Waals surface area contributed by atoms with Crippen molar-refractivity contribution in [2.24, 2.45) is 45.7 Å². The Morgan fingerprint density at radius 2 is 1.33 bits per heavy atom. The smallest absolute Gasteiger partial charge is 0.308 e. The highest BCUT2D eigenvalue weighted by molar-refractivity contribution is 7.87. The van der Waals surface area contributed by atoms with Crippen LogP contribution in [0.3, 0.4) is 0 Å². The molecule has 23 heteroatoms. The standard InChI is InChI=1S/C31H55N7O13S3/c1-14-5-8-22(20(9-14)28(40)41)37-38-26-24(54(49,50)51)12-16-11-18(53(46,47)48)13-23(25(16)27(26)39)33-30-34-29(35-31(42)36-30)32-21-4-2-3-15-10-17(52(43,44)45)6-7-19(15)21/h14-27,29-36,39,42H,2-13H2,1H3,(H,40,41)(H,43,44,45)(H,46,47,48)(H,49,50,51). The maximum atomic E-state index is 12.7. The van der Waals surface area contributed by atoms with Gasteiger partial charge < -0.3 is 15.3 Å². The third-order valence-corrected chi connectivity index (χ3v) is 16.8. The lowest BCUT2D eigenvalue weighted by Gasteiger charge is -2.51. The molecule has 54 heavy (non-hydrogen) atoms. The molecule has 6 fully saturated rings. The van der Waals surface area contributed by atoms with E-state index in [1.54, 1.807) is 0 Å². The van der Waals surface area contributed by atoms with Crippen LogP contribution in [0.15, 0.2) is 10.2 Å². The van der Waals surface area contributed by atoms with Gasteiger partial charge in [0.15, 0.2) is 6.35 Å². The van der Waals surface area contributed by atoms with Gasteiger partial charge in [0.05, 0.1) is 28.6 Å². The molecule has 1 heterocycles. The number of hydrogen-bond donors (Lipinski definition) is 11. The molecule has 11 N–H and O–H groups in total. The Morgan fingerprint density at radius 3 is 1.96 bits per heavy atom. The molecule has 17 unspecified atom stereocenters. The van der Waals surface area contributed by atoms with Crippen molar-refractivity contribution in [3.8, 4) is 0 Å². The summed E-state index contributed by atoms with van der Waals surface area (Å²) in [5.41, 5.74) is 0. The number of nitrogens with one attached hydrogen (secondary N) is 5. The largest absolute Gasteiger partial charge is 0.481 e. The maximum Gasteiger partial charge on any atom is 0.308 e. The van der Waals surface area contributed by atoms with Crippen molar-refractivity contribution in [1.29, 1.82) is 0 Å².